The van der Waals surface area contributed by atoms with Crippen LogP contribution in [0.3, 0.4) is 0 Å². The van der Waals surface area contributed by atoms with Crippen molar-refractivity contribution in [3.8, 4) is 0 Å². The van der Waals surface area contributed by atoms with Crippen LogP contribution in [0.1, 0.15) is 28.7 Å². The lowest BCUT2D eigenvalue weighted by molar-refractivity contribution is -0.117. The first-order chi connectivity index (χ1) is 8.70. The second-order valence-electron chi connectivity index (χ2n) is 4.39. The van der Waals surface area contributed by atoms with Crippen molar-refractivity contribution in [2.45, 2.75) is 25.5 Å². The summed E-state index contributed by atoms with van der Waals surface area (Å²) in [5.74, 6) is -0.473. The largest absolute Gasteiger partial charge is 0.294 e. The third kappa shape index (κ3) is 2.67. The van der Waals surface area contributed by atoms with Gasteiger partial charge in [0.1, 0.15) is 5.25 Å². The van der Waals surface area contributed by atoms with Gasteiger partial charge in [0.25, 0.3) is 0 Å². The number of carbonyl (C=O) groups is 2. The average Bonchev–Trinajstić information content (AvgIpc) is 2.80. The summed E-state index contributed by atoms with van der Waals surface area (Å²) < 4.78 is 22.5. The van der Waals surface area contributed by atoms with E-state index in [2.05, 4.69) is 4.98 Å². The van der Waals surface area contributed by atoms with E-state index in [0.29, 0.717) is 15.7 Å². The van der Waals surface area contributed by atoms with Crippen LogP contribution in [0, 0.1) is 6.92 Å². The van der Waals surface area contributed by atoms with Crippen LogP contribution in [0.5, 0.6) is 0 Å². The zero-order chi connectivity index (χ0) is 14.4. The number of aryl methyl sites for hydroxylation is 1. The number of primary sulfonamides is 1. The van der Waals surface area contributed by atoms with Crippen LogP contribution in [0.2, 0.25) is 0 Å². The van der Waals surface area contributed by atoms with Gasteiger partial charge < -0.3 is 0 Å². The molecule has 1 unspecified atom stereocenters. The SMILES string of the molecule is CC(=O)c1sc(N2CC(S(N)(=O)=O)CC2=O)nc1C. The normalized spacial score (nSPS) is 20.1. The Bertz CT molecular complexity index is 650. The molecule has 0 aromatic carbocycles. The molecule has 104 valence electrons. The van der Waals surface area contributed by atoms with Gasteiger partial charge in [-0.15, -0.1) is 0 Å². The Hall–Kier alpha value is -1.32. The molecule has 7 nitrogen and oxygen atoms in total. The first kappa shape index (κ1) is 14.1. The Balaban J connectivity index is 2.31. The van der Waals surface area contributed by atoms with Crippen molar-refractivity contribution >= 4 is 38.2 Å². The van der Waals surface area contributed by atoms with Crippen molar-refractivity contribution in [1.82, 2.24) is 4.98 Å². The molecule has 0 radical (unpaired) electrons. The monoisotopic (exact) mass is 303 g/mol. The van der Waals surface area contributed by atoms with Gasteiger partial charge in [0, 0.05) is 19.9 Å². The smallest absolute Gasteiger partial charge is 0.230 e. The molecule has 19 heavy (non-hydrogen) atoms. The molecule has 1 aromatic rings. The number of nitrogens with zero attached hydrogens (tertiary/aromatic N) is 2. The van der Waals surface area contributed by atoms with Crippen molar-refractivity contribution in [3.05, 3.63) is 10.6 Å². The van der Waals surface area contributed by atoms with Crippen molar-refractivity contribution in [1.29, 1.82) is 0 Å². The molecule has 0 spiro atoms. The molecule has 1 aromatic heterocycles. The number of carbonyl (C=O) groups excluding carboxylic acids is 2. The highest BCUT2D eigenvalue weighted by Crippen LogP contribution is 2.30. The zero-order valence-corrected chi connectivity index (χ0v) is 12.0. The van der Waals surface area contributed by atoms with Gasteiger partial charge in [-0.25, -0.2) is 18.5 Å². The van der Waals surface area contributed by atoms with E-state index in [1.165, 1.54) is 11.8 Å². The van der Waals surface area contributed by atoms with Crippen LogP contribution in [0.25, 0.3) is 0 Å². The third-order valence-corrected chi connectivity index (χ3v) is 5.42. The molecule has 2 N–H and O–H groups in total. The molecule has 9 heteroatoms. The second kappa shape index (κ2) is 4.66. The number of sulfonamides is 1. The van der Waals surface area contributed by atoms with Crippen LogP contribution < -0.4 is 10.0 Å². The van der Waals surface area contributed by atoms with Crippen LogP contribution in [0.4, 0.5) is 5.13 Å². The molecular weight excluding hydrogens is 290 g/mol. The fourth-order valence-electron chi connectivity index (χ4n) is 1.90. The van der Waals surface area contributed by atoms with Gasteiger partial charge in [0.15, 0.2) is 10.9 Å². The number of anilines is 1. The Morgan fingerprint density at radius 1 is 1.53 bits per heavy atom. The van der Waals surface area contributed by atoms with Crippen LogP contribution in [-0.4, -0.2) is 36.9 Å². The minimum absolute atomic E-state index is 0.0119. The zero-order valence-electron chi connectivity index (χ0n) is 10.4. The van der Waals surface area contributed by atoms with Crippen molar-refractivity contribution in [2.75, 3.05) is 11.4 Å². The minimum Gasteiger partial charge on any atom is -0.294 e. The Morgan fingerprint density at radius 3 is 2.58 bits per heavy atom. The van der Waals surface area contributed by atoms with Gasteiger partial charge >= 0.3 is 0 Å². The maximum absolute atomic E-state index is 11.8. The molecule has 1 aliphatic heterocycles. The minimum atomic E-state index is -3.75. The maximum Gasteiger partial charge on any atom is 0.230 e. The molecule has 0 aliphatic carbocycles. The number of nitrogens with two attached hydrogens (primary N) is 1. The fourth-order valence-corrected chi connectivity index (χ4v) is 3.62. The summed E-state index contributed by atoms with van der Waals surface area (Å²) in [4.78, 5) is 29.1. The van der Waals surface area contributed by atoms with Gasteiger partial charge in [-0.3, -0.25) is 14.5 Å². The molecule has 1 aliphatic rings. The number of thiazole rings is 1. The summed E-state index contributed by atoms with van der Waals surface area (Å²) in [6.45, 7) is 3.08. The van der Waals surface area contributed by atoms with E-state index in [4.69, 9.17) is 5.14 Å². The molecule has 2 heterocycles. The van der Waals surface area contributed by atoms with Crippen molar-refractivity contribution < 1.29 is 18.0 Å². The van der Waals surface area contributed by atoms with Gasteiger partial charge in [0.05, 0.1) is 10.6 Å². The topological polar surface area (TPSA) is 110 Å². The first-order valence-electron chi connectivity index (χ1n) is 5.50. The van der Waals surface area contributed by atoms with Crippen LogP contribution >= 0.6 is 11.3 Å². The molecule has 1 fully saturated rings. The number of Topliss-reactive ketones (excluding diaryl/α,β-unsaturated/α-hetero) is 1. The van der Waals surface area contributed by atoms with E-state index in [9.17, 15) is 18.0 Å². The predicted molar refractivity (Wildman–Crippen MR) is 70.7 cm³/mol. The van der Waals surface area contributed by atoms with Gasteiger partial charge in [-0.1, -0.05) is 11.3 Å². The standard InChI is InChI=1S/C10H13N3O4S2/c1-5-9(6(2)14)18-10(12-5)13-4-7(3-8(13)15)19(11,16)17/h7H,3-4H2,1-2H3,(H2,11,16,17). The third-order valence-electron chi connectivity index (χ3n) is 2.89. The highest BCUT2D eigenvalue weighted by Gasteiger charge is 2.38. The molecule has 2 rings (SSSR count). The predicted octanol–water partition coefficient (Wildman–Crippen LogP) is 0.0479. The summed E-state index contributed by atoms with van der Waals surface area (Å²) in [6.07, 6.45) is -0.146. The lowest BCUT2D eigenvalue weighted by atomic mass is 10.3. The van der Waals surface area contributed by atoms with Crippen LogP contribution in [0.15, 0.2) is 0 Å². The summed E-state index contributed by atoms with van der Waals surface area (Å²) in [6, 6.07) is 0. The summed E-state index contributed by atoms with van der Waals surface area (Å²) in [5.41, 5.74) is 0.541. The number of ketones is 1. The molecule has 1 saturated heterocycles. The number of amides is 1. The molecule has 0 bridgehead atoms. The van der Waals surface area contributed by atoms with Gasteiger partial charge in [-0.2, -0.15) is 0 Å². The van der Waals surface area contributed by atoms with Crippen molar-refractivity contribution in [3.63, 3.8) is 0 Å². The Kier molecular flexibility index (Phi) is 3.45. The summed E-state index contributed by atoms with van der Waals surface area (Å²) in [7, 11) is -3.75. The maximum atomic E-state index is 11.8. The van der Waals surface area contributed by atoms with Crippen molar-refractivity contribution in [2.24, 2.45) is 5.14 Å². The molecule has 0 saturated carbocycles. The van der Waals surface area contributed by atoms with E-state index in [1.54, 1.807) is 6.92 Å². The van der Waals surface area contributed by atoms with E-state index in [-0.39, 0.29) is 24.7 Å². The summed E-state index contributed by atoms with van der Waals surface area (Å²) >= 11 is 1.09. The van der Waals surface area contributed by atoms with E-state index >= 15 is 0 Å². The Labute approximate surface area is 114 Å². The van der Waals surface area contributed by atoms with Crippen LogP contribution in [-0.2, 0) is 14.8 Å². The van der Waals surface area contributed by atoms with Gasteiger partial charge in [-0.05, 0) is 6.92 Å². The highest BCUT2D eigenvalue weighted by atomic mass is 32.2. The lowest BCUT2D eigenvalue weighted by Gasteiger charge is -2.11. The first-order valence-corrected chi connectivity index (χ1v) is 7.93. The van der Waals surface area contributed by atoms with E-state index in [1.807, 2.05) is 0 Å². The molecule has 1 amide bonds. The molecule has 1 atom stereocenters. The number of hydrogen-bond donors (Lipinski definition) is 1. The summed E-state index contributed by atoms with van der Waals surface area (Å²) in [5, 5.41) is 4.48. The second-order valence-corrected chi connectivity index (χ2v) is 7.21. The average molecular weight is 303 g/mol. The fraction of sp³-hybridized carbons (Fsp3) is 0.500. The number of aromatic nitrogens is 1. The molecular formula is C10H13N3O4S2. The highest BCUT2D eigenvalue weighted by molar-refractivity contribution is 7.89. The number of rotatable bonds is 3. The van der Waals surface area contributed by atoms with Gasteiger partial charge in [0.2, 0.25) is 15.9 Å². The van der Waals surface area contributed by atoms with E-state index in [0.717, 1.165) is 11.3 Å². The quantitative estimate of drug-likeness (QED) is 0.793. The number of hydrogen-bond acceptors (Lipinski definition) is 6. The lowest BCUT2D eigenvalue weighted by Crippen LogP contribution is -2.32. The van der Waals surface area contributed by atoms with E-state index < -0.39 is 15.3 Å². The Morgan fingerprint density at radius 2 is 2.16 bits per heavy atom.